The van der Waals surface area contributed by atoms with Crippen LogP contribution in [0.25, 0.3) is 0 Å². The number of amides is 6. The molecule has 0 aliphatic rings. The molecule has 3 atom stereocenters. The molecular formula is C39H47N9O10. The Labute approximate surface area is 332 Å². The molecule has 9 N–H and O–H groups in total. The molecule has 0 spiro atoms. The number of nitrogens with one attached hydrogen (secondary N) is 5. The summed E-state index contributed by atoms with van der Waals surface area (Å²) in [6.45, 7) is 2.69. The molecule has 2 aromatic carbocycles. The van der Waals surface area contributed by atoms with Gasteiger partial charge in [0.2, 0.25) is 40.9 Å². The molecule has 308 valence electrons. The first-order chi connectivity index (χ1) is 27.6. The van der Waals surface area contributed by atoms with Gasteiger partial charge in [-0.15, -0.1) is 5.10 Å². The van der Waals surface area contributed by atoms with Crippen molar-refractivity contribution in [2.75, 3.05) is 13.1 Å². The van der Waals surface area contributed by atoms with Gasteiger partial charge in [-0.3, -0.25) is 33.6 Å². The average Bonchev–Trinajstić information content (AvgIpc) is 3.64. The molecule has 0 aliphatic heterocycles. The van der Waals surface area contributed by atoms with Crippen molar-refractivity contribution in [1.29, 1.82) is 0 Å². The van der Waals surface area contributed by atoms with Gasteiger partial charge in [0.05, 0.1) is 18.8 Å². The highest BCUT2D eigenvalue weighted by atomic mass is 16.4. The topological polar surface area (TPSA) is 290 Å². The molecule has 0 bridgehead atoms. The molecule has 4 rings (SSSR count). The Morgan fingerprint density at radius 2 is 1.43 bits per heavy atom. The third-order valence-electron chi connectivity index (χ3n) is 8.58. The summed E-state index contributed by atoms with van der Waals surface area (Å²) in [6, 6.07) is 12.8. The third-order valence-corrected chi connectivity index (χ3v) is 8.58. The number of carbonyl (C=O) groups is 6. The second-order valence-electron chi connectivity index (χ2n) is 13.9. The normalized spacial score (nSPS) is 12.5. The van der Waals surface area contributed by atoms with Crippen molar-refractivity contribution in [2.24, 2.45) is 11.7 Å². The summed E-state index contributed by atoms with van der Waals surface area (Å²) in [5.74, 6) is -4.25. The number of benzene rings is 2. The Morgan fingerprint density at radius 3 is 2.09 bits per heavy atom. The minimum Gasteiger partial charge on any atom is -0.508 e. The predicted molar refractivity (Wildman–Crippen MR) is 207 cm³/mol. The lowest BCUT2D eigenvalue weighted by Crippen LogP contribution is -2.55. The fourth-order valence-corrected chi connectivity index (χ4v) is 5.63. The van der Waals surface area contributed by atoms with E-state index in [0.717, 1.165) is 17.9 Å². The molecule has 2 aromatic heterocycles. The Bertz CT molecular complexity index is 2100. The number of nitrogens with two attached hydrogens (primary N) is 1. The largest absolute Gasteiger partial charge is 0.508 e. The maximum atomic E-state index is 13.3. The number of phenolic OH excluding ortho intramolecular Hbond substituents is 1. The summed E-state index contributed by atoms with van der Waals surface area (Å²) >= 11 is 0. The highest BCUT2D eigenvalue weighted by molar-refractivity contribution is 5.94. The molecule has 0 saturated carbocycles. The van der Waals surface area contributed by atoms with Crippen LogP contribution < -0.4 is 37.7 Å². The smallest absolute Gasteiger partial charge is 0.243 e. The summed E-state index contributed by atoms with van der Waals surface area (Å²) in [5, 5.41) is 39.8. The van der Waals surface area contributed by atoms with Gasteiger partial charge in [0, 0.05) is 37.9 Å². The van der Waals surface area contributed by atoms with E-state index >= 15 is 0 Å². The molecule has 2 heterocycles. The quantitative estimate of drug-likeness (QED) is 0.0521. The lowest BCUT2D eigenvalue weighted by atomic mass is 10.0. The fourth-order valence-electron chi connectivity index (χ4n) is 5.63. The maximum Gasteiger partial charge on any atom is 0.243 e. The van der Waals surface area contributed by atoms with Crippen molar-refractivity contribution in [1.82, 2.24) is 41.6 Å². The van der Waals surface area contributed by atoms with Gasteiger partial charge in [0.1, 0.15) is 42.4 Å². The summed E-state index contributed by atoms with van der Waals surface area (Å²) in [4.78, 5) is 88.9. The van der Waals surface area contributed by atoms with Crippen LogP contribution in [0.3, 0.4) is 0 Å². The van der Waals surface area contributed by atoms with Crippen LogP contribution >= 0.6 is 0 Å². The first-order valence-corrected chi connectivity index (χ1v) is 18.4. The van der Waals surface area contributed by atoms with Crippen molar-refractivity contribution < 1.29 is 43.4 Å². The number of hydrogen-bond acceptors (Lipinski definition) is 12. The van der Waals surface area contributed by atoms with Crippen LogP contribution in [0.2, 0.25) is 0 Å². The molecule has 0 saturated heterocycles. The van der Waals surface area contributed by atoms with E-state index in [1.165, 1.54) is 16.8 Å². The van der Waals surface area contributed by atoms with Crippen molar-refractivity contribution in [3.63, 3.8) is 0 Å². The van der Waals surface area contributed by atoms with Crippen LogP contribution in [0.4, 0.5) is 0 Å². The van der Waals surface area contributed by atoms with E-state index in [0.29, 0.717) is 17.7 Å². The number of primary amides is 1. The van der Waals surface area contributed by atoms with Crippen LogP contribution in [0, 0.1) is 5.92 Å². The number of aryl methyl sites for hydroxylation is 1. The number of rotatable bonds is 21. The van der Waals surface area contributed by atoms with Gasteiger partial charge < -0.3 is 46.9 Å². The molecule has 0 fully saturated rings. The van der Waals surface area contributed by atoms with Crippen LogP contribution in [0.5, 0.6) is 11.5 Å². The Morgan fingerprint density at radius 1 is 0.793 bits per heavy atom. The summed E-state index contributed by atoms with van der Waals surface area (Å²) in [6.07, 6.45) is 2.91. The number of carbonyl (C=O) groups excluding carboxylic acids is 6. The third kappa shape index (κ3) is 14.5. The van der Waals surface area contributed by atoms with Crippen LogP contribution in [0.15, 0.2) is 82.3 Å². The van der Waals surface area contributed by atoms with Crippen molar-refractivity contribution >= 4 is 35.4 Å². The first kappa shape index (κ1) is 43.7. The number of hydrogen-bond donors (Lipinski definition) is 8. The standard InChI is InChI=1S/C39H47N9O10/c1-23(2)14-29(37(40)55)45-39(57)31(15-24-6-4-3-5-7-24)44-36(54)19-41-35(53)18-42-38(56)30(16-25-8-11-27(49)12-9-25)43-34(52)13-10-26-20-48(47-46-26)21-28-17-32(50)33(51)22-58-28/h3-9,11-12,17,20,22-23,29-31,49,51H,10,13-16,18-19,21H2,1-2H3,(H2,40,55)(H,41,53)(H,42,56)(H,43,52)(H,44,54)(H,45,57)/t29-,30-,31-/m0/s1. The van der Waals surface area contributed by atoms with Crippen LogP contribution in [-0.2, 0) is 54.6 Å². The predicted octanol–water partition coefficient (Wildman–Crippen LogP) is -0.673. The van der Waals surface area contributed by atoms with Crippen LogP contribution in [-0.4, -0.2) is 91.9 Å². The lowest BCUT2D eigenvalue weighted by molar-refractivity contribution is -0.132. The molecule has 58 heavy (non-hydrogen) atoms. The molecule has 19 nitrogen and oxygen atoms in total. The highest BCUT2D eigenvalue weighted by Gasteiger charge is 2.27. The van der Waals surface area contributed by atoms with Crippen LogP contribution in [0.1, 0.15) is 49.3 Å². The highest BCUT2D eigenvalue weighted by Crippen LogP contribution is 2.13. The Kier molecular flexibility index (Phi) is 16.0. The number of aromatic hydroxyl groups is 2. The van der Waals surface area contributed by atoms with Gasteiger partial charge in [-0.05, 0) is 35.6 Å². The maximum absolute atomic E-state index is 13.3. The number of phenols is 1. The van der Waals surface area contributed by atoms with Gasteiger partial charge in [-0.2, -0.15) is 0 Å². The summed E-state index contributed by atoms with van der Waals surface area (Å²) in [7, 11) is 0. The second kappa shape index (κ2) is 21.3. The zero-order valence-corrected chi connectivity index (χ0v) is 32.0. The zero-order chi connectivity index (χ0) is 42.2. The van der Waals surface area contributed by atoms with E-state index in [-0.39, 0.29) is 49.7 Å². The van der Waals surface area contributed by atoms with E-state index in [1.54, 1.807) is 48.7 Å². The van der Waals surface area contributed by atoms with Gasteiger partial charge in [0.15, 0.2) is 5.75 Å². The van der Waals surface area contributed by atoms with Crippen molar-refractivity contribution in [3.05, 3.63) is 106 Å². The van der Waals surface area contributed by atoms with Gasteiger partial charge in [-0.1, -0.05) is 61.5 Å². The van der Waals surface area contributed by atoms with Crippen molar-refractivity contribution in [3.8, 4) is 11.5 Å². The molecular weight excluding hydrogens is 754 g/mol. The van der Waals surface area contributed by atoms with Crippen molar-refractivity contribution in [2.45, 2.75) is 70.6 Å². The second-order valence-corrected chi connectivity index (χ2v) is 13.9. The molecule has 6 amide bonds. The zero-order valence-electron chi connectivity index (χ0n) is 32.0. The van der Waals surface area contributed by atoms with E-state index in [4.69, 9.17) is 10.2 Å². The lowest BCUT2D eigenvalue weighted by Gasteiger charge is -2.23. The van der Waals surface area contributed by atoms with E-state index in [1.807, 2.05) is 13.8 Å². The van der Waals surface area contributed by atoms with E-state index in [2.05, 4.69) is 36.9 Å². The Hall–Kier alpha value is -7.05. The molecule has 0 aliphatic carbocycles. The summed E-state index contributed by atoms with van der Waals surface area (Å²) < 4.78 is 6.56. The van der Waals surface area contributed by atoms with E-state index < -0.39 is 77.8 Å². The minimum atomic E-state index is -1.14. The molecule has 0 radical (unpaired) electrons. The average molecular weight is 802 g/mol. The molecule has 19 heteroatoms. The number of nitrogens with zero attached hydrogens (tertiary/aromatic N) is 3. The monoisotopic (exact) mass is 801 g/mol. The van der Waals surface area contributed by atoms with E-state index in [9.17, 15) is 43.8 Å². The Balaban J connectivity index is 1.30. The summed E-state index contributed by atoms with van der Waals surface area (Å²) in [5.41, 5.74) is 6.65. The fraction of sp³-hybridized carbons (Fsp3) is 0.359. The first-order valence-electron chi connectivity index (χ1n) is 18.4. The molecule has 4 aromatic rings. The van der Waals surface area contributed by atoms with Gasteiger partial charge in [0.25, 0.3) is 0 Å². The molecule has 0 unspecified atom stereocenters. The number of aromatic nitrogens is 3. The van der Waals surface area contributed by atoms with Gasteiger partial charge >= 0.3 is 0 Å². The minimum absolute atomic E-state index is 0.00286. The van der Waals surface area contributed by atoms with Gasteiger partial charge in [-0.25, -0.2) is 4.68 Å². The SMILES string of the molecule is CC(C)C[C@H](NC(=O)[C@H](Cc1ccccc1)NC(=O)CNC(=O)CNC(=O)[C@H](Cc1ccc(O)cc1)NC(=O)CCc1cn(Cc2cc(=O)c(O)co2)nn1)C(N)=O.